The number of pyridine rings is 1. The van der Waals surface area contributed by atoms with Crippen LogP contribution in [0.2, 0.25) is 0 Å². The van der Waals surface area contributed by atoms with Gasteiger partial charge in [-0.25, -0.2) is 9.78 Å². The molecule has 0 fully saturated rings. The van der Waals surface area contributed by atoms with Crippen LogP contribution in [0, 0.1) is 17.2 Å². The van der Waals surface area contributed by atoms with Crippen molar-refractivity contribution in [3.8, 4) is 11.9 Å². The molecule has 0 saturated carbocycles. The molecule has 0 aromatic carbocycles. The Bertz CT molecular complexity index is 618. The van der Waals surface area contributed by atoms with Gasteiger partial charge in [0.1, 0.15) is 12.7 Å². The number of carbonyl (C=O) groups excluding carboxylic acids is 1. The van der Waals surface area contributed by atoms with Gasteiger partial charge >= 0.3 is 5.97 Å². The summed E-state index contributed by atoms with van der Waals surface area (Å²) in [5.41, 5.74) is 1.42. The molecule has 0 saturated heterocycles. The minimum Gasteiger partial charge on any atom is -0.481 e. The quantitative estimate of drug-likeness (QED) is 0.300. The number of allylic oxidation sites excluding steroid dienone is 1. The number of hydrogen-bond acceptors (Lipinski definition) is 7. The number of methoxy groups -OCH3 is 1. The molecule has 25 heavy (non-hydrogen) atoms. The van der Waals surface area contributed by atoms with Gasteiger partial charge in [-0.3, -0.25) is 0 Å². The lowest BCUT2D eigenvalue weighted by molar-refractivity contribution is -0.140. The van der Waals surface area contributed by atoms with Crippen LogP contribution in [-0.2, 0) is 20.8 Å². The average molecular weight is 347 g/mol. The van der Waals surface area contributed by atoms with E-state index in [4.69, 9.17) is 14.2 Å². The molecule has 0 unspecified atom stereocenters. The lowest BCUT2D eigenvalue weighted by atomic mass is 10.0. The summed E-state index contributed by atoms with van der Waals surface area (Å²) in [7, 11) is 1.55. The minimum absolute atomic E-state index is 0.0204. The second-order valence-corrected chi connectivity index (χ2v) is 5.45. The molecule has 0 amide bonds. The predicted molar refractivity (Wildman–Crippen MR) is 92.6 cm³/mol. The van der Waals surface area contributed by atoms with Gasteiger partial charge in [-0.15, -0.1) is 0 Å². The fourth-order valence-corrected chi connectivity index (χ4v) is 2.04. The summed E-state index contributed by atoms with van der Waals surface area (Å²) in [6.45, 7) is 7.07. The van der Waals surface area contributed by atoms with Gasteiger partial charge in [0.05, 0.1) is 13.7 Å². The zero-order valence-electron chi connectivity index (χ0n) is 15.2. The average Bonchev–Trinajstić information content (AvgIpc) is 2.62. The summed E-state index contributed by atoms with van der Waals surface area (Å²) < 4.78 is 15.2. The lowest BCUT2D eigenvalue weighted by Crippen LogP contribution is -2.23. The number of nitrogens with zero attached hydrogens (tertiary/aromatic N) is 2. The fourth-order valence-electron chi connectivity index (χ4n) is 2.04. The summed E-state index contributed by atoms with van der Waals surface area (Å²) in [5, 5.41) is 12.5. The summed E-state index contributed by atoms with van der Waals surface area (Å²) in [6.07, 6.45) is 1.68. The van der Waals surface area contributed by atoms with Crippen molar-refractivity contribution in [1.29, 1.82) is 5.26 Å². The van der Waals surface area contributed by atoms with Crippen molar-refractivity contribution in [3.05, 3.63) is 35.2 Å². The van der Waals surface area contributed by atoms with Gasteiger partial charge < -0.3 is 19.5 Å². The van der Waals surface area contributed by atoms with Crippen LogP contribution in [-0.4, -0.2) is 37.9 Å². The SMILES string of the molecule is CCOCCOC(=O)/C(C#N)=C(\NCc1ccc(OC)nc1)C(C)C. The van der Waals surface area contributed by atoms with E-state index >= 15 is 0 Å². The molecule has 0 bridgehead atoms. The second kappa shape index (κ2) is 11.0. The predicted octanol–water partition coefficient (Wildman–Crippen LogP) is 2.19. The molecular weight excluding hydrogens is 322 g/mol. The molecule has 0 spiro atoms. The Balaban J connectivity index is 2.80. The molecular formula is C18H25N3O4. The number of hydrogen-bond donors (Lipinski definition) is 1. The Kier molecular flexibility index (Phi) is 9.04. The molecule has 0 radical (unpaired) electrons. The van der Waals surface area contributed by atoms with Crippen molar-refractivity contribution in [1.82, 2.24) is 10.3 Å². The van der Waals surface area contributed by atoms with Gasteiger partial charge in [-0.1, -0.05) is 19.9 Å². The second-order valence-electron chi connectivity index (χ2n) is 5.45. The molecule has 7 heteroatoms. The number of carbonyl (C=O) groups is 1. The summed E-state index contributed by atoms with van der Waals surface area (Å²) in [5.74, 6) is -0.162. The Morgan fingerprint density at radius 3 is 2.64 bits per heavy atom. The minimum atomic E-state index is -0.647. The molecule has 0 atom stereocenters. The van der Waals surface area contributed by atoms with Gasteiger partial charge in [-0.2, -0.15) is 5.26 Å². The Morgan fingerprint density at radius 2 is 2.12 bits per heavy atom. The highest BCUT2D eigenvalue weighted by Crippen LogP contribution is 2.15. The molecule has 0 aliphatic carbocycles. The number of esters is 1. The Morgan fingerprint density at radius 1 is 1.36 bits per heavy atom. The normalized spacial score (nSPS) is 11.5. The van der Waals surface area contributed by atoms with E-state index in [0.717, 1.165) is 5.56 Å². The van der Waals surface area contributed by atoms with Crippen molar-refractivity contribution in [2.24, 2.45) is 5.92 Å². The van der Waals surface area contributed by atoms with Crippen molar-refractivity contribution >= 4 is 5.97 Å². The molecule has 1 aromatic rings. The summed E-state index contributed by atoms with van der Waals surface area (Å²) >= 11 is 0. The highest BCUT2D eigenvalue weighted by atomic mass is 16.6. The van der Waals surface area contributed by atoms with Gasteiger partial charge in [0.15, 0.2) is 5.57 Å². The lowest BCUT2D eigenvalue weighted by Gasteiger charge is -2.16. The van der Waals surface area contributed by atoms with Gasteiger partial charge in [0.2, 0.25) is 5.88 Å². The number of rotatable bonds is 10. The van der Waals surface area contributed by atoms with Crippen LogP contribution >= 0.6 is 0 Å². The van der Waals surface area contributed by atoms with Crippen molar-refractivity contribution in [2.75, 3.05) is 26.9 Å². The number of aromatic nitrogens is 1. The molecule has 1 heterocycles. The monoisotopic (exact) mass is 347 g/mol. The fraction of sp³-hybridized carbons (Fsp3) is 0.500. The van der Waals surface area contributed by atoms with Gasteiger partial charge in [0, 0.05) is 31.1 Å². The number of nitrogens with one attached hydrogen (secondary N) is 1. The molecule has 1 N–H and O–H groups in total. The third-order valence-corrected chi connectivity index (χ3v) is 3.32. The molecule has 0 aliphatic rings. The van der Waals surface area contributed by atoms with Crippen molar-refractivity contribution < 1.29 is 19.0 Å². The highest BCUT2D eigenvalue weighted by molar-refractivity contribution is 5.93. The Labute approximate surface area is 148 Å². The van der Waals surface area contributed by atoms with Crippen LogP contribution in [0.25, 0.3) is 0 Å². The zero-order chi connectivity index (χ0) is 18.7. The van der Waals surface area contributed by atoms with E-state index < -0.39 is 5.97 Å². The van der Waals surface area contributed by atoms with Crippen molar-refractivity contribution in [2.45, 2.75) is 27.3 Å². The number of ether oxygens (including phenoxy) is 3. The first-order valence-electron chi connectivity index (χ1n) is 8.15. The van der Waals surface area contributed by atoms with Crippen LogP contribution in [0.3, 0.4) is 0 Å². The topological polar surface area (TPSA) is 93.5 Å². The first-order valence-corrected chi connectivity index (χ1v) is 8.15. The molecule has 7 nitrogen and oxygen atoms in total. The smallest absolute Gasteiger partial charge is 0.350 e. The molecule has 1 aromatic heterocycles. The van der Waals surface area contributed by atoms with Gasteiger partial charge in [-0.05, 0) is 18.4 Å². The third-order valence-electron chi connectivity index (χ3n) is 3.32. The zero-order valence-corrected chi connectivity index (χ0v) is 15.2. The third kappa shape index (κ3) is 6.81. The van der Waals surface area contributed by atoms with Crippen LogP contribution in [0.1, 0.15) is 26.3 Å². The maximum atomic E-state index is 12.2. The maximum Gasteiger partial charge on any atom is 0.350 e. The van der Waals surface area contributed by atoms with E-state index in [1.165, 1.54) is 0 Å². The van der Waals surface area contributed by atoms with E-state index in [2.05, 4.69) is 10.3 Å². The maximum absolute atomic E-state index is 12.2. The van der Waals surface area contributed by atoms with E-state index in [-0.39, 0.29) is 18.1 Å². The molecule has 1 rings (SSSR count). The summed E-state index contributed by atoms with van der Waals surface area (Å²) in [6, 6.07) is 5.56. The van der Waals surface area contributed by atoms with Crippen LogP contribution in [0.5, 0.6) is 5.88 Å². The van der Waals surface area contributed by atoms with Gasteiger partial charge in [0.25, 0.3) is 0 Å². The van der Waals surface area contributed by atoms with Crippen LogP contribution < -0.4 is 10.1 Å². The van der Waals surface area contributed by atoms with Crippen LogP contribution in [0.15, 0.2) is 29.6 Å². The van der Waals surface area contributed by atoms with E-state index in [9.17, 15) is 10.1 Å². The van der Waals surface area contributed by atoms with E-state index in [1.807, 2.05) is 32.9 Å². The first-order chi connectivity index (χ1) is 12.0. The first kappa shape index (κ1) is 20.5. The number of nitriles is 1. The molecule has 0 aliphatic heterocycles. The standard InChI is InChI=1S/C18H25N3O4/c1-5-24-8-9-25-18(22)15(10-19)17(13(2)3)21-12-14-6-7-16(23-4)20-11-14/h6-7,11,13,21H,5,8-9,12H2,1-4H3/b17-15-. The summed E-state index contributed by atoms with van der Waals surface area (Å²) in [4.78, 5) is 16.3. The van der Waals surface area contributed by atoms with E-state index in [0.29, 0.717) is 31.3 Å². The highest BCUT2D eigenvalue weighted by Gasteiger charge is 2.19. The largest absolute Gasteiger partial charge is 0.481 e. The van der Waals surface area contributed by atoms with Crippen LogP contribution in [0.4, 0.5) is 0 Å². The van der Waals surface area contributed by atoms with E-state index in [1.54, 1.807) is 19.4 Å². The molecule has 136 valence electrons. The van der Waals surface area contributed by atoms with Crippen molar-refractivity contribution in [3.63, 3.8) is 0 Å². The Hall–Kier alpha value is -2.59.